The van der Waals surface area contributed by atoms with E-state index in [1.54, 1.807) is 25.1 Å². The van der Waals surface area contributed by atoms with Gasteiger partial charge in [0.15, 0.2) is 11.5 Å². The zero-order valence-electron chi connectivity index (χ0n) is 16.5. The fourth-order valence-electron chi connectivity index (χ4n) is 3.26. The molecule has 0 fully saturated rings. The van der Waals surface area contributed by atoms with Gasteiger partial charge in [0.25, 0.3) is 0 Å². The average Bonchev–Trinajstić information content (AvgIpc) is 2.78. The quantitative estimate of drug-likeness (QED) is 0.633. The SMILES string of the molecule is C[C@](O)(CNS(=O)(=O)c1ccc2c(c1)OCCO2)c1ccc(-c2ccccc2)cc1. The van der Waals surface area contributed by atoms with Crippen LogP contribution in [0.2, 0.25) is 0 Å². The Labute approximate surface area is 176 Å². The molecular formula is C23H23NO5S. The molecule has 3 aromatic carbocycles. The summed E-state index contributed by atoms with van der Waals surface area (Å²) in [6.45, 7) is 2.21. The van der Waals surface area contributed by atoms with Crippen molar-refractivity contribution in [2.45, 2.75) is 17.4 Å². The fourth-order valence-corrected chi connectivity index (χ4v) is 4.41. The van der Waals surface area contributed by atoms with Gasteiger partial charge in [-0.1, -0.05) is 54.6 Å². The summed E-state index contributed by atoms with van der Waals surface area (Å²) in [6, 6.07) is 21.8. The van der Waals surface area contributed by atoms with E-state index in [4.69, 9.17) is 9.47 Å². The van der Waals surface area contributed by atoms with Crippen molar-refractivity contribution in [2.24, 2.45) is 0 Å². The maximum atomic E-state index is 12.7. The number of fused-ring (bicyclic) bond motifs is 1. The van der Waals surface area contributed by atoms with Crippen LogP contribution in [0.15, 0.2) is 77.7 Å². The molecule has 6 nitrogen and oxygen atoms in total. The first-order chi connectivity index (χ1) is 14.4. The first-order valence-corrected chi connectivity index (χ1v) is 11.1. The van der Waals surface area contributed by atoms with E-state index in [0.717, 1.165) is 11.1 Å². The molecule has 1 aliphatic heterocycles. The van der Waals surface area contributed by atoms with Crippen molar-refractivity contribution in [3.63, 3.8) is 0 Å². The van der Waals surface area contributed by atoms with Crippen LogP contribution in [0.5, 0.6) is 11.5 Å². The molecule has 0 spiro atoms. The molecule has 2 N–H and O–H groups in total. The second-order valence-electron chi connectivity index (χ2n) is 7.35. The number of rotatable bonds is 6. The minimum Gasteiger partial charge on any atom is -0.486 e. The zero-order chi connectivity index (χ0) is 21.2. The van der Waals surface area contributed by atoms with Crippen LogP contribution in [0.3, 0.4) is 0 Å². The van der Waals surface area contributed by atoms with Crippen LogP contribution >= 0.6 is 0 Å². The summed E-state index contributed by atoms with van der Waals surface area (Å²) < 4.78 is 38.8. The van der Waals surface area contributed by atoms with Gasteiger partial charge >= 0.3 is 0 Å². The maximum Gasteiger partial charge on any atom is 0.240 e. The molecule has 0 saturated carbocycles. The first kappa shape index (κ1) is 20.4. The number of aliphatic hydroxyl groups is 1. The van der Waals surface area contributed by atoms with E-state index in [0.29, 0.717) is 30.3 Å². The smallest absolute Gasteiger partial charge is 0.240 e. The molecule has 156 valence electrons. The van der Waals surface area contributed by atoms with Crippen molar-refractivity contribution in [3.05, 3.63) is 78.4 Å². The van der Waals surface area contributed by atoms with Crippen molar-refractivity contribution in [3.8, 4) is 22.6 Å². The van der Waals surface area contributed by atoms with Gasteiger partial charge in [-0.15, -0.1) is 0 Å². The Morgan fingerprint density at radius 1 is 0.900 bits per heavy atom. The van der Waals surface area contributed by atoms with Gasteiger partial charge in [0.05, 0.1) is 4.90 Å². The summed E-state index contributed by atoms with van der Waals surface area (Å²) in [7, 11) is -3.83. The fraction of sp³-hybridized carbons (Fsp3) is 0.217. The lowest BCUT2D eigenvalue weighted by molar-refractivity contribution is 0.0627. The van der Waals surface area contributed by atoms with Gasteiger partial charge in [-0.3, -0.25) is 0 Å². The average molecular weight is 426 g/mol. The van der Waals surface area contributed by atoms with Gasteiger partial charge in [-0.25, -0.2) is 13.1 Å². The Hall–Kier alpha value is -2.87. The van der Waals surface area contributed by atoms with E-state index in [2.05, 4.69) is 4.72 Å². The third-order valence-electron chi connectivity index (χ3n) is 5.04. The summed E-state index contributed by atoms with van der Waals surface area (Å²) in [6.07, 6.45) is 0. The molecular weight excluding hydrogens is 402 g/mol. The van der Waals surface area contributed by atoms with Crippen molar-refractivity contribution < 1.29 is 23.0 Å². The molecule has 0 amide bonds. The highest BCUT2D eigenvalue weighted by atomic mass is 32.2. The van der Waals surface area contributed by atoms with E-state index in [9.17, 15) is 13.5 Å². The number of sulfonamides is 1. The standard InChI is InChI=1S/C23H23NO5S/c1-23(25,19-9-7-18(8-10-19)17-5-3-2-4-6-17)16-24-30(26,27)20-11-12-21-22(15-20)29-14-13-28-21/h2-12,15,24-25H,13-14,16H2,1H3/t23-/m0/s1. The topological polar surface area (TPSA) is 84.9 Å². The Morgan fingerprint density at radius 3 is 2.23 bits per heavy atom. The van der Waals surface area contributed by atoms with Crippen LogP contribution in [-0.2, 0) is 15.6 Å². The van der Waals surface area contributed by atoms with Crippen LogP contribution in [-0.4, -0.2) is 33.3 Å². The summed E-state index contributed by atoms with van der Waals surface area (Å²) in [4.78, 5) is 0.0574. The number of ether oxygens (including phenoxy) is 2. The third-order valence-corrected chi connectivity index (χ3v) is 6.44. The molecule has 1 atom stereocenters. The lowest BCUT2D eigenvalue weighted by atomic mass is 9.94. The molecule has 0 aromatic heterocycles. The number of hydrogen-bond donors (Lipinski definition) is 2. The highest BCUT2D eigenvalue weighted by molar-refractivity contribution is 7.89. The minimum atomic E-state index is -3.83. The van der Waals surface area contributed by atoms with Crippen LogP contribution in [0.1, 0.15) is 12.5 Å². The molecule has 1 heterocycles. The molecule has 1 aliphatic rings. The summed E-state index contributed by atoms with van der Waals surface area (Å²) in [5, 5.41) is 10.9. The molecule has 0 radical (unpaired) electrons. The van der Waals surface area contributed by atoms with E-state index >= 15 is 0 Å². The van der Waals surface area contributed by atoms with Gasteiger partial charge < -0.3 is 14.6 Å². The van der Waals surface area contributed by atoms with Gasteiger partial charge in [0, 0.05) is 12.6 Å². The second-order valence-corrected chi connectivity index (χ2v) is 9.11. The van der Waals surface area contributed by atoms with Crippen molar-refractivity contribution >= 4 is 10.0 Å². The normalized spacial score (nSPS) is 15.4. The van der Waals surface area contributed by atoms with Gasteiger partial charge in [0.1, 0.15) is 18.8 Å². The van der Waals surface area contributed by atoms with Crippen LogP contribution < -0.4 is 14.2 Å². The molecule has 0 unspecified atom stereocenters. The predicted octanol–water partition coefficient (Wildman–Crippen LogP) is 3.31. The molecule has 3 aromatic rings. The predicted molar refractivity (Wildman–Crippen MR) is 114 cm³/mol. The van der Waals surface area contributed by atoms with Gasteiger partial charge in [-0.05, 0) is 35.7 Å². The van der Waals surface area contributed by atoms with Crippen LogP contribution in [0.25, 0.3) is 11.1 Å². The van der Waals surface area contributed by atoms with Crippen LogP contribution in [0.4, 0.5) is 0 Å². The summed E-state index contributed by atoms with van der Waals surface area (Å²) in [5.41, 5.74) is 1.33. The van der Waals surface area contributed by atoms with E-state index in [-0.39, 0.29) is 11.4 Å². The lowest BCUT2D eigenvalue weighted by Gasteiger charge is -2.25. The Kier molecular flexibility index (Phi) is 5.51. The first-order valence-electron chi connectivity index (χ1n) is 9.63. The Morgan fingerprint density at radius 2 is 1.53 bits per heavy atom. The summed E-state index contributed by atoms with van der Waals surface area (Å²) in [5.74, 6) is 0.915. The largest absolute Gasteiger partial charge is 0.486 e. The third kappa shape index (κ3) is 4.33. The molecule has 0 saturated heterocycles. The Bertz CT molecular complexity index is 1130. The molecule has 0 bridgehead atoms. The molecule has 30 heavy (non-hydrogen) atoms. The molecule has 7 heteroatoms. The number of benzene rings is 3. The van der Waals surface area contributed by atoms with E-state index in [1.807, 2.05) is 42.5 Å². The monoisotopic (exact) mass is 425 g/mol. The molecule has 4 rings (SSSR count). The van der Waals surface area contributed by atoms with E-state index in [1.165, 1.54) is 12.1 Å². The van der Waals surface area contributed by atoms with Crippen LogP contribution in [0, 0.1) is 0 Å². The van der Waals surface area contributed by atoms with Crippen molar-refractivity contribution in [1.82, 2.24) is 4.72 Å². The zero-order valence-corrected chi connectivity index (χ0v) is 17.4. The van der Waals surface area contributed by atoms with E-state index < -0.39 is 15.6 Å². The Balaban J connectivity index is 1.48. The lowest BCUT2D eigenvalue weighted by Crippen LogP contribution is -2.38. The minimum absolute atomic E-state index is 0.0574. The number of hydrogen-bond acceptors (Lipinski definition) is 5. The van der Waals surface area contributed by atoms with Gasteiger partial charge in [-0.2, -0.15) is 0 Å². The number of nitrogens with one attached hydrogen (secondary N) is 1. The van der Waals surface area contributed by atoms with Crippen molar-refractivity contribution in [1.29, 1.82) is 0 Å². The highest BCUT2D eigenvalue weighted by Crippen LogP contribution is 2.32. The highest BCUT2D eigenvalue weighted by Gasteiger charge is 2.27. The van der Waals surface area contributed by atoms with Crippen molar-refractivity contribution in [2.75, 3.05) is 19.8 Å². The second kappa shape index (κ2) is 8.10. The summed E-state index contributed by atoms with van der Waals surface area (Å²) >= 11 is 0. The van der Waals surface area contributed by atoms with Gasteiger partial charge in [0.2, 0.25) is 10.0 Å². The molecule has 0 aliphatic carbocycles. The maximum absolute atomic E-state index is 12.7.